The molecule has 0 aromatic heterocycles. The molecule has 2 aliphatic carbocycles. The predicted molar refractivity (Wildman–Crippen MR) is 65.2 cm³/mol. The van der Waals surface area contributed by atoms with Gasteiger partial charge < -0.3 is 10.2 Å². The second kappa shape index (κ2) is 4.74. The topological polar surface area (TPSA) is 32.3 Å². The summed E-state index contributed by atoms with van der Waals surface area (Å²) in [5.74, 6) is 1.15. The summed E-state index contributed by atoms with van der Waals surface area (Å²) >= 11 is 0. The van der Waals surface area contributed by atoms with Crippen LogP contribution in [0.1, 0.15) is 38.5 Å². The molecule has 16 heavy (non-hydrogen) atoms. The zero-order valence-electron chi connectivity index (χ0n) is 10.6. The molecule has 0 aromatic rings. The van der Waals surface area contributed by atoms with Crippen LogP contribution in [-0.4, -0.2) is 38.0 Å². The molecule has 0 spiro atoms. The Morgan fingerprint density at radius 1 is 1.38 bits per heavy atom. The normalized spacial score (nSPS) is 23.4. The molecule has 0 saturated heterocycles. The van der Waals surface area contributed by atoms with Crippen LogP contribution in [0.15, 0.2) is 0 Å². The molecular formula is C13H24N2O. The maximum Gasteiger partial charge on any atom is 0.229 e. The SMILES string of the molecule is CNCC1(C(=O)N(C)CC2CCC2)CCC1. The molecule has 2 fully saturated rings. The van der Waals surface area contributed by atoms with Gasteiger partial charge in [-0.25, -0.2) is 0 Å². The average Bonchev–Trinajstić information content (AvgIpc) is 2.16. The minimum absolute atomic E-state index is 0.0623. The highest BCUT2D eigenvalue weighted by atomic mass is 16.2. The molecule has 0 bridgehead atoms. The van der Waals surface area contributed by atoms with E-state index in [4.69, 9.17) is 0 Å². The molecule has 1 N–H and O–H groups in total. The second-order valence-electron chi connectivity index (χ2n) is 5.65. The van der Waals surface area contributed by atoms with Crippen LogP contribution < -0.4 is 5.32 Å². The molecule has 92 valence electrons. The molecule has 0 unspecified atom stereocenters. The molecular weight excluding hydrogens is 200 g/mol. The molecule has 2 saturated carbocycles. The van der Waals surface area contributed by atoms with Crippen LogP contribution in [0.5, 0.6) is 0 Å². The zero-order valence-corrected chi connectivity index (χ0v) is 10.6. The quantitative estimate of drug-likeness (QED) is 0.770. The van der Waals surface area contributed by atoms with E-state index in [1.165, 1.54) is 25.7 Å². The monoisotopic (exact) mass is 224 g/mol. The van der Waals surface area contributed by atoms with Crippen LogP contribution in [0.3, 0.4) is 0 Å². The number of amides is 1. The average molecular weight is 224 g/mol. The first kappa shape index (κ1) is 11.9. The van der Waals surface area contributed by atoms with E-state index in [1.54, 1.807) is 0 Å². The van der Waals surface area contributed by atoms with Crippen LogP contribution in [0.25, 0.3) is 0 Å². The van der Waals surface area contributed by atoms with Gasteiger partial charge in [0.15, 0.2) is 0 Å². The van der Waals surface area contributed by atoms with Crippen molar-refractivity contribution < 1.29 is 4.79 Å². The van der Waals surface area contributed by atoms with Crippen LogP contribution in [0, 0.1) is 11.3 Å². The minimum atomic E-state index is -0.0623. The zero-order chi connectivity index (χ0) is 11.6. The lowest BCUT2D eigenvalue weighted by Crippen LogP contribution is -2.52. The lowest BCUT2D eigenvalue weighted by atomic mass is 9.67. The Balaban J connectivity index is 1.88. The van der Waals surface area contributed by atoms with Crippen molar-refractivity contribution in [2.45, 2.75) is 38.5 Å². The highest BCUT2D eigenvalue weighted by Crippen LogP contribution is 2.42. The largest absolute Gasteiger partial charge is 0.345 e. The third kappa shape index (κ3) is 2.10. The predicted octanol–water partition coefficient (Wildman–Crippen LogP) is 1.63. The van der Waals surface area contributed by atoms with E-state index < -0.39 is 0 Å². The number of rotatable bonds is 5. The van der Waals surface area contributed by atoms with E-state index in [2.05, 4.69) is 5.32 Å². The summed E-state index contributed by atoms with van der Waals surface area (Å²) in [5, 5.41) is 3.18. The van der Waals surface area contributed by atoms with E-state index in [-0.39, 0.29) is 5.41 Å². The van der Waals surface area contributed by atoms with Gasteiger partial charge in [-0.3, -0.25) is 4.79 Å². The van der Waals surface area contributed by atoms with Crippen LogP contribution in [-0.2, 0) is 4.79 Å². The summed E-state index contributed by atoms with van der Waals surface area (Å²) < 4.78 is 0. The van der Waals surface area contributed by atoms with Crippen molar-refractivity contribution in [1.82, 2.24) is 10.2 Å². The first-order valence-corrected chi connectivity index (χ1v) is 6.58. The molecule has 1 amide bonds. The van der Waals surface area contributed by atoms with Gasteiger partial charge in [0.05, 0.1) is 5.41 Å². The van der Waals surface area contributed by atoms with Crippen LogP contribution >= 0.6 is 0 Å². The number of hydrogen-bond donors (Lipinski definition) is 1. The number of carbonyl (C=O) groups excluding carboxylic acids is 1. The summed E-state index contributed by atoms with van der Waals surface area (Å²) in [5.41, 5.74) is -0.0623. The van der Waals surface area contributed by atoms with E-state index >= 15 is 0 Å². The van der Waals surface area contributed by atoms with Crippen molar-refractivity contribution in [1.29, 1.82) is 0 Å². The van der Waals surface area contributed by atoms with Gasteiger partial charge in [-0.1, -0.05) is 12.8 Å². The van der Waals surface area contributed by atoms with E-state index in [9.17, 15) is 4.79 Å². The lowest BCUT2D eigenvalue weighted by Gasteiger charge is -2.43. The van der Waals surface area contributed by atoms with E-state index in [0.717, 1.165) is 31.8 Å². The first-order valence-electron chi connectivity index (χ1n) is 6.58. The molecule has 0 aliphatic heterocycles. The smallest absolute Gasteiger partial charge is 0.229 e. The Morgan fingerprint density at radius 2 is 2.06 bits per heavy atom. The number of nitrogens with zero attached hydrogens (tertiary/aromatic N) is 1. The Morgan fingerprint density at radius 3 is 2.44 bits per heavy atom. The van der Waals surface area contributed by atoms with Gasteiger partial charge in [-0.2, -0.15) is 0 Å². The van der Waals surface area contributed by atoms with Crippen molar-refractivity contribution in [2.24, 2.45) is 11.3 Å². The molecule has 3 heteroatoms. The van der Waals surface area contributed by atoms with Crippen LogP contribution in [0.2, 0.25) is 0 Å². The van der Waals surface area contributed by atoms with Gasteiger partial charge in [0.1, 0.15) is 0 Å². The Bertz CT molecular complexity index is 257. The summed E-state index contributed by atoms with van der Waals surface area (Å²) in [6, 6.07) is 0. The summed E-state index contributed by atoms with van der Waals surface area (Å²) in [6.45, 7) is 1.82. The third-order valence-electron chi connectivity index (χ3n) is 4.38. The highest BCUT2D eigenvalue weighted by Gasteiger charge is 2.45. The van der Waals surface area contributed by atoms with Crippen molar-refractivity contribution in [3.8, 4) is 0 Å². The molecule has 0 heterocycles. The van der Waals surface area contributed by atoms with Gasteiger partial charge in [-0.15, -0.1) is 0 Å². The fourth-order valence-corrected chi connectivity index (χ4v) is 2.96. The Kier molecular flexibility index (Phi) is 3.53. The highest BCUT2D eigenvalue weighted by molar-refractivity contribution is 5.83. The minimum Gasteiger partial charge on any atom is -0.345 e. The maximum absolute atomic E-state index is 12.4. The number of nitrogens with one attached hydrogen (secondary N) is 1. The second-order valence-corrected chi connectivity index (χ2v) is 5.65. The van der Waals surface area contributed by atoms with Gasteiger partial charge in [0.25, 0.3) is 0 Å². The molecule has 2 rings (SSSR count). The number of carbonyl (C=O) groups is 1. The van der Waals surface area contributed by atoms with Gasteiger partial charge >= 0.3 is 0 Å². The molecule has 0 atom stereocenters. The van der Waals surface area contributed by atoms with Gasteiger partial charge in [0.2, 0.25) is 5.91 Å². The van der Waals surface area contributed by atoms with Crippen molar-refractivity contribution in [2.75, 3.05) is 27.2 Å². The van der Waals surface area contributed by atoms with Gasteiger partial charge in [0, 0.05) is 20.1 Å². The fourth-order valence-electron chi connectivity index (χ4n) is 2.96. The maximum atomic E-state index is 12.4. The molecule has 0 aromatic carbocycles. The van der Waals surface area contributed by atoms with Crippen molar-refractivity contribution in [3.05, 3.63) is 0 Å². The van der Waals surface area contributed by atoms with Gasteiger partial charge in [-0.05, 0) is 38.6 Å². The lowest BCUT2D eigenvalue weighted by molar-refractivity contribution is -0.146. The molecule has 2 aliphatic rings. The molecule has 3 nitrogen and oxygen atoms in total. The Labute approximate surface area is 98.6 Å². The summed E-state index contributed by atoms with van der Waals surface area (Å²) in [7, 11) is 3.93. The Hall–Kier alpha value is -0.570. The van der Waals surface area contributed by atoms with Crippen molar-refractivity contribution >= 4 is 5.91 Å². The standard InChI is InChI=1S/C13H24N2O/c1-14-10-13(7-4-8-13)12(16)15(2)9-11-5-3-6-11/h11,14H,3-10H2,1-2H3. The van der Waals surface area contributed by atoms with E-state index in [1.807, 2.05) is 19.0 Å². The number of hydrogen-bond acceptors (Lipinski definition) is 2. The third-order valence-corrected chi connectivity index (χ3v) is 4.38. The molecule has 0 radical (unpaired) electrons. The van der Waals surface area contributed by atoms with E-state index in [0.29, 0.717) is 5.91 Å². The van der Waals surface area contributed by atoms with Crippen LogP contribution in [0.4, 0.5) is 0 Å². The summed E-state index contributed by atoms with van der Waals surface area (Å²) in [6.07, 6.45) is 7.34. The fraction of sp³-hybridized carbons (Fsp3) is 0.923. The van der Waals surface area contributed by atoms with Crippen molar-refractivity contribution in [3.63, 3.8) is 0 Å². The first-order chi connectivity index (χ1) is 7.68. The summed E-state index contributed by atoms with van der Waals surface area (Å²) in [4.78, 5) is 14.4.